The van der Waals surface area contributed by atoms with Crippen LogP contribution in [-0.2, 0) is 20.9 Å². The summed E-state index contributed by atoms with van der Waals surface area (Å²) in [7, 11) is 0. The maximum absolute atomic E-state index is 11.4. The predicted octanol–water partition coefficient (Wildman–Crippen LogP) is 2.85. The van der Waals surface area contributed by atoms with E-state index >= 15 is 0 Å². The largest absolute Gasteiger partial charge is 0.478 e. The summed E-state index contributed by atoms with van der Waals surface area (Å²) in [6, 6.07) is 4.90. The molecular formula is C14H17IO5. The number of carbonyl (C=O) groups is 2. The molecule has 1 aromatic rings. The highest BCUT2D eigenvalue weighted by Gasteiger charge is 2.16. The molecule has 0 unspecified atom stereocenters. The maximum Gasteiger partial charge on any atom is 0.335 e. The van der Waals surface area contributed by atoms with Gasteiger partial charge >= 0.3 is 11.9 Å². The summed E-state index contributed by atoms with van der Waals surface area (Å²) in [6.07, 6.45) is 0. The van der Waals surface area contributed by atoms with Crippen LogP contribution in [0.2, 0.25) is 0 Å². The van der Waals surface area contributed by atoms with Gasteiger partial charge in [0.1, 0.15) is 12.2 Å². The van der Waals surface area contributed by atoms with E-state index in [1.807, 2.05) is 28.7 Å². The molecule has 1 rings (SSSR count). The molecule has 0 spiro atoms. The SMILES string of the molecule is CC(C)(C)OC(=O)COCc1cc(I)cc(C(=O)O)c1. The van der Waals surface area contributed by atoms with Crippen LogP contribution in [0.1, 0.15) is 36.7 Å². The molecule has 0 fully saturated rings. The molecule has 0 atom stereocenters. The number of carboxylic acid groups (broad SMARTS) is 1. The standard InChI is InChI=1S/C14H17IO5/c1-14(2,3)20-12(16)8-19-7-9-4-10(13(17)18)6-11(15)5-9/h4-6H,7-8H2,1-3H3,(H,17,18). The van der Waals surface area contributed by atoms with Gasteiger partial charge in [0.15, 0.2) is 0 Å². The smallest absolute Gasteiger partial charge is 0.335 e. The first kappa shape index (κ1) is 16.9. The third-order valence-electron chi connectivity index (χ3n) is 2.11. The number of hydrogen-bond donors (Lipinski definition) is 1. The van der Waals surface area contributed by atoms with E-state index in [0.717, 1.165) is 3.57 Å². The number of esters is 1. The summed E-state index contributed by atoms with van der Waals surface area (Å²) in [4.78, 5) is 22.4. The van der Waals surface area contributed by atoms with Gasteiger partial charge in [-0.3, -0.25) is 0 Å². The second-order valence-electron chi connectivity index (χ2n) is 5.23. The minimum absolute atomic E-state index is 0.162. The molecule has 6 heteroatoms. The van der Waals surface area contributed by atoms with E-state index in [2.05, 4.69) is 0 Å². The third-order valence-corrected chi connectivity index (χ3v) is 2.74. The average molecular weight is 392 g/mol. The van der Waals surface area contributed by atoms with Crippen molar-refractivity contribution >= 4 is 34.5 Å². The summed E-state index contributed by atoms with van der Waals surface area (Å²) in [6.45, 7) is 5.35. The van der Waals surface area contributed by atoms with Gasteiger partial charge in [-0.15, -0.1) is 0 Å². The molecule has 0 aliphatic heterocycles. The van der Waals surface area contributed by atoms with Crippen LogP contribution in [0.3, 0.4) is 0 Å². The summed E-state index contributed by atoms with van der Waals surface area (Å²) in [5.74, 6) is -1.43. The van der Waals surface area contributed by atoms with Crippen LogP contribution >= 0.6 is 22.6 Å². The van der Waals surface area contributed by atoms with Crippen molar-refractivity contribution in [3.63, 3.8) is 0 Å². The number of hydrogen-bond acceptors (Lipinski definition) is 4. The Morgan fingerprint density at radius 3 is 2.45 bits per heavy atom. The zero-order valence-electron chi connectivity index (χ0n) is 11.6. The van der Waals surface area contributed by atoms with Gasteiger partial charge in [-0.2, -0.15) is 0 Å². The molecule has 5 nitrogen and oxygen atoms in total. The molecule has 0 amide bonds. The number of carbonyl (C=O) groups excluding carboxylic acids is 1. The molecule has 0 aromatic heterocycles. The van der Waals surface area contributed by atoms with Gasteiger partial charge in [-0.05, 0) is 67.1 Å². The molecule has 0 aliphatic rings. The highest BCUT2D eigenvalue weighted by Crippen LogP contribution is 2.14. The molecule has 0 radical (unpaired) electrons. The number of benzene rings is 1. The Bertz CT molecular complexity index is 505. The summed E-state index contributed by atoms with van der Waals surface area (Å²) in [5.41, 5.74) is 0.365. The number of ether oxygens (including phenoxy) is 2. The monoisotopic (exact) mass is 392 g/mol. The van der Waals surface area contributed by atoms with Crippen LogP contribution in [0.15, 0.2) is 18.2 Å². The van der Waals surface area contributed by atoms with E-state index in [1.54, 1.807) is 26.8 Å². The Hall–Kier alpha value is -1.15. The molecule has 0 saturated heterocycles. The molecule has 0 bridgehead atoms. The Balaban J connectivity index is 2.54. The molecule has 1 aromatic carbocycles. The summed E-state index contributed by atoms with van der Waals surface area (Å²) in [5, 5.41) is 8.96. The highest BCUT2D eigenvalue weighted by molar-refractivity contribution is 14.1. The van der Waals surface area contributed by atoms with Crippen molar-refractivity contribution in [3.8, 4) is 0 Å². The van der Waals surface area contributed by atoms with Crippen LogP contribution < -0.4 is 0 Å². The number of halogens is 1. The van der Waals surface area contributed by atoms with Gasteiger partial charge in [0.05, 0.1) is 12.2 Å². The van der Waals surface area contributed by atoms with Crippen molar-refractivity contribution in [2.45, 2.75) is 33.0 Å². The van der Waals surface area contributed by atoms with E-state index in [9.17, 15) is 9.59 Å². The fourth-order valence-corrected chi connectivity index (χ4v) is 2.22. The Morgan fingerprint density at radius 2 is 1.90 bits per heavy atom. The van der Waals surface area contributed by atoms with Gasteiger partial charge in [0, 0.05) is 3.57 Å². The van der Waals surface area contributed by atoms with Gasteiger partial charge < -0.3 is 14.6 Å². The fraction of sp³-hybridized carbons (Fsp3) is 0.429. The normalized spacial score (nSPS) is 11.2. The first-order chi connectivity index (χ1) is 9.17. The second kappa shape index (κ2) is 7.03. The van der Waals surface area contributed by atoms with E-state index in [-0.39, 0.29) is 18.8 Å². The maximum atomic E-state index is 11.4. The van der Waals surface area contributed by atoms with Gasteiger partial charge in [0.25, 0.3) is 0 Å². The second-order valence-corrected chi connectivity index (χ2v) is 6.48. The summed E-state index contributed by atoms with van der Waals surface area (Å²) < 4.78 is 11.2. The fourth-order valence-electron chi connectivity index (χ4n) is 1.48. The summed E-state index contributed by atoms with van der Waals surface area (Å²) >= 11 is 2.04. The Kier molecular flexibility index (Phi) is 5.94. The van der Waals surface area contributed by atoms with Crippen molar-refractivity contribution in [1.29, 1.82) is 0 Å². The van der Waals surface area contributed by atoms with Crippen LogP contribution in [0.5, 0.6) is 0 Å². The molecular weight excluding hydrogens is 375 g/mol. The van der Waals surface area contributed by atoms with E-state index in [4.69, 9.17) is 14.6 Å². The molecule has 0 heterocycles. The Morgan fingerprint density at radius 1 is 1.25 bits per heavy atom. The lowest BCUT2D eigenvalue weighted by molar-refractivity contribution is -0.160. The molecule has 1 N–H and O–H groups in total. The van der Waals surface area contributed by atoms with E-state index < -0.39 is 17.5 Å². The van der Waals surface area contributed by atoms with Crippen molar-refractivity contribution < 1.29 is 24.2 Å². The average Bonchev–Trinajstić information content (AvgIpc) is 2.25. The molecule has 0 saturated carbocycles. The molecule has 0 aliphatic carbocycles. The number of aromatic carboxylic acids is 1. The van der Waals surface area contributed by atoms with Crippen LogP contribution in [0.25, 0.3) is 0 Å². The van der Waals surface area contributed by atoms with Gasteiger partial charge in [-0.1, -0.05) is 0 Å². The van der Waals surface area contributed by atoms with Crippen molar-refractivity contribution in [1.82, 2.24) is 0 Å². The predicted molar refractivity (Wildman–Crippen MR) is 81.6 cm³/mol. The van der Waals surface area contributed by atoms with E-state index in [0.29, 0.717) is 5.56 Å². The lowest BCUT2D eigenvalue weighted by Crippen LogP contribution is -2.26. The third kappa shape index (κ3) is 6.33. The minimum atomic E-state index is -0.989. The topological polar surface area (TPSA) is 72.8 Å². The molecule has 20 heavy (non-hydrogen) atoms. The van der Waals surface area contributed by atoms with Crippen molar-refractivity contribution in [2.24, 2.45) is 0 Å². The van der Waals surface area contributed by atoms with Crippen molar-refractivity contribution in [2.75, 3.05) is 6.61 Å². The van der Waals surface area contributed by atoms with Crippen LogP contribution in [0, 0.1) is 3.57 Å². The zero-order chi connectivity index (χ0) is 15.3. The first-order valence-electron chi connectivity index (χ1n) is 6.00. The van der Waals surface area contributed by atoms with Crippen LogP contribution in [-0.4, -0.2) is 29.3 Å². The van der Waals surface area contributed by atoms with Gasteiger partial charge in [0.2, 0.25) is 0 Å². The minimum Gasteiger partial charge on any atom is -0.478 e. The first-order valence-corrected chi connectivity index (χ1v) is 7.07. The van der Waals surface area contributed by atoms with Crippen LogP contribution in [0.4, 0.5) is 0 Å². The van der Waals surface area contributed by atoms with E-state index in [1.165, 1.54) is 6.07 Å². The quantitative estimate of drug-likeness (QED) is 0.617. The molecule has 110 valence electrons. The number of rotatable bonds is 5. The Labute approximate surface area is 131 Å². The van der Waals surface area contributed by atoms with Crippen molar-refractivity contribution in [3.05, 3.63) is 32.9 Å². The zero-order valence-corrected chi connectivity index (χ0v) is 13.8. The van der Waals surface area contributed by atoms with Gasteiger partial charge in [-0.25, -0.2) is 9.59 Å². The number of carboxylic acids is 1. The lowest BCUT2D eigenvalue weighted by Gasteiger charge is -2.19. The lowest BCUT2D eigenvalue weighted by atomic mass is 10.1. The highest BCUT2D eigenvalue weighted by atomic mass is 127.